The van der Waals surface area contributed by atoms with Crippen LogP contribution in [0.3, 0.4) is 0 Å². The molecule has 40 heavy (non-hydrogen) atoms. The van der Waals surface area contributed by atoms with E-state index < -0.39 is 8.32 Å². The van der Waals surface area contributed by atoms with E-state index in [2.05, 4.69) is 111 Å². The Kier molecular flexibility index (Phi) is 10.8. The number of benzene rings is 3. The molecule has 0 aliphatic carbocycles. The predicted octanol–water partition coefficient (Wildman–Crippen LogP) is 7.16. The summed E-state index contributed by atoms with van der Waals surface area (Å²) in [6, 6.07) is 32.0. The molecule has 212 valence electrons. The van der Waals surface area contributed by atoms with Gasteiger partial charge in [-0.05, 0) is 62.6 Å². The third-order valence-electron chi connectivity index (χ3n) is 7.68. The molecule has 3 aromatic carbocycles. The van der Waals surface area contributed by atoms with E-state index in [0.29, 0.717) is 11.8 Å². The van der Waals surface area contributed by atoms with Gasteiger partial charge in [0.15, 0.2) is 0 Å². The lowest BCUT2D eigenvalue weighted by Crippen LogP contribution is -2.66. The fourth-order valence-corrected chi connectivity index (χ4v) is 11.2. The maximum Gasteiger partial charge on any atom is 0.261 e. The molecule has 0 saturated carbocycles. The second kappa shape index (κ2) is 14.2. The highest BCUT2D eigenvalue weighted by molar-refractivity contribution is 7.99. The summed E-state index contributed by atoms with van der Waals surface area (Å²) in [5.74, 6) is 2.19. The number of rotatable bonds is 14. The molecule has 0 bridgehead atoms. The second-order valence-corrected chi connectivity index (χ2v) is 17.3. The molecule has 0 radical (unpaired) electrons. The van der Waals surface area contributed by atoms with Gasteiger partial charge in [0.05, 0.1) is 5.69 Å². The van der Waals surface area contributed by atoms with Gasteiger partial charge in [-0.3, -0.25) is 0 Å². The third-order valence-corrected chi connectivity index (χ3v) is 13.6. The molecule has 0 saturated heterocycles. The van der Waals surface area contributed by atoms with Crippen molar-refractivity contribution >= 4 is 30.5 Å². The third kappa shape index (κ3) is 7.50. The molecule has 0 aliphatic heterocycles. The zero-order valence-electron chi connectivity index (χ0n) is 24.7. The van der Waals surface area contributed by atoms with E-state index in [1.165, 1.54) is 29.6 Å². The van der Waals surface area contributed by atoms with E-state index >= 15 is 0 Å². The minimum Gasteiger partial charge on any atom is -0.407 e. The largest absolute Gasteiger partial charge is 0.407 e. The summed E-state index contributed by atoms with van der Waals surface area (Å²) in [6.45, 7) is 12.6. The van der Waals surface area contributed by atoms with Crippen LogP contribution in [0.15, 0.2) is 96.2 Å². The van der Waals surface area contributed by atoms with Gasteiger partial charge in [-0.15, -0.1) is 5.10 Å². The first-order chi connectivity index (χ1) is 19.3. The summed E-state index contributed by atoms with van der Waals surface area (Å²) >= 11 is 1.74. The van der Waals surface area contributed by atoms with Crippen LogP contribution >= 0.6 is 11.8 Å². The van der Waals surface area contributed by atoms with Gasteiger partial charge in [0, 0.05) is 12.4 Å². The lowest BCUT2D eigenvalue weighted by molar-refractivity contribution is 0.233. The Morgan fingerprint density at radius 2 is 1.32 bits per heavy atom. The molecule has 2 atom stereocenters. The Hall–Kier alpha value is -2.74. The smallest absolute Gasteiger partial charge is 0.261 e. The number of hydrogen-bond acceptors (Lipinski definition) is 5. The topological polar surface area (TPSA) is 52.8 Å². The van der Waals surface area contributed by atoms with Crippen molar-refractivity contribution in [1.29, 1.82) is 0 Å². The highest BCUT2D eigenvalue weighted by Gasteiger charge is 2.50. The van der Waals surface area contributed by atoms with Crippen LogP contribution in [-0.2, 0) is 4.43 Å². The molecule has 0 aliphatic rings. The molecule has 0 N–H and O–H groups in total. The Morgan fingerprint density at radius 1 is 0.775 bits per heavy atom. The van der Waals surface area contributed by atoms with Gasteiger partial charge >= 0.3 is 0 Å². The van der Waals surface area contributed by atoms with Crippen LogP contribution in [0.1, 0.15) is 60.3 Å². The zero-order valence-corrected chi connectivity index (χ0v) is 26.5. The summed E-state index contributed by atoms with van der Waals surface area (Å²) in [5.41, 5.74) is 0.998. The number of hydrogen-bond donors (Lipinski definition) is 0. The van der Waals surface area contributed by atoms with Crippen LogP contribution in [0.4, 0.5) is 0 Å². The minimum absolute atomic E-state index is 0.0157. The number of aromatic nitrogens is 4. The van der Waals surface area contributed by atoms with Crippen LogP contribution in [0.5, 0.6) is 0 Å². The normalized spacial score (nSPS) is 13.7. The average molecular weight is 573 g/mol. The SMILES string of the molecule is C[C@@H](CCC[C@@H](C)CO[Si](c1ccccc1)(c1ccccc1)C(C)(C)C)CCSc1nnnn1-c1ccccc1. The minimum atomic E-state index is -2.47. The van der Waals surface area contributed by atoms with Gasteiger partial charge in [-0.2, -0.15) is 4.68 Å². The molecule has 1 aromatic heterocycles. The van der Waals surface area contributed by atoms with Crippen molar-refractivity contribution in [2.75, 3.05) is 12.4 Å². The van der Waals surface area contributed by atoms with Crippen LogP contribution < -0.4 is 10.4 Å². The van der Waals surface area contributed by atoms with E-state index in [1.54, 1.807) is 11.8 Å². The molecule has 1 heterocycles. The van der Waals surface area contributed by atoms with Gasteiger partial charge in [0.2, 0.25) is 5.16 Å². The Bertz CT molecular complexity index is 1240. The zero-order chi connectivity index (χ0) is 28.4. The van der Waals surface area contributed by atoms with Crippen molar-refractivity contribution in [2.45, 2.75) is 70.5 Å². The van der Waals surface area contributed by atoms with Gasteiger partial charge in [0.25, 0.3) is 8.32 Å². The molecular formula is C33H44N4OSSi. The second-order valence-electron chi connectivity index (χ2n) is 12.0. The molecule has 4 aromatic rings. The monoisotopic (exact) mass is 572 g/mol. The molecule has 0 fully saturated rings. The van der Waals surface area contributed by atoms with Crippen molar-refractivity contribution in [2.24, 2.45) is 11.8 Å². The maximum absolute atomic E-state index is 7.15. The first kappa shape index (κ1) is 30.2. The first-order valence-electron chi connectivity index (χ1n) is 14.5. The molecule has 0 unspecified atom stereocenters. The Labute approximate surface area is 245 Å². The van der Waals surface area contributed by atoms with Gasteiger partial charge < -0.3 is 4.43 Å². The summed E-state index contributed by atoms with van der Waals surface area (Å²) in [6.07, 6.45) is 4.79. The lowest BCUT2D eigenvalue weighted by atomic mass is 9.97. The number of tetrazole rings is 1. The summed E-state index contributed by atoms with van der Waals surface area (Å²) in [5, 5.41) is 15.9. The summed E-state index contributed by atoms with van der Waals surface area (Å²) in [7, 11) is -2.47. The Morgan fingerprint density at radius 3 is 1.90 bits per heavy atom. The standard InChI is InChI=1S/C33H44N4OSSi/c1-27(24-25-39-32-34-35-36-37(32)29-18-9-6-10-19-29)16-15-17-28(2)26-38-40(33(3,4)5,30-20-11-7-12-21-30)31-22-13-8-14-23-31/h6-14,18-23,27-28H,15-17,24-26H2,1-5H3/t27-,28+/m0/s1. The van der Waals surface area contributed by atoms with Crippen molar-refractivity contribution in [3.63, 3.8) is 0 Å². The van der Waals surface area contributed by atoms with Crippen molar-refractivity contribution in [1.82, 2.24) is 20.2 Å². The number of para-hydroxylation sites is 1. The van der Waals surface area contributed by atoms with Crippen LogP contribution in [0, 0.1) is 11.8 Å². The molecular weight excluding hydrogens is 529 g/mol. The van der Waals surface area contributed by atoms with Crippen LogP contribution in [-0.4, -0.2) is 40.9 Å². The lowest BCUT2D eigenvalue weighted by Gasteiger charge is -2.43. The summed E-state index contributed by atoms with van der Waals surface area (Å²) < 4.78 is 8.98. The Balaban J connectivity index is 1.28. The molecule has 0 amide bonds. The maximum atomic E-state index is 7.15. The molecule has 7 heteroatoms. The summed E-state index contributed by atoms with van der Waals surface area (Å²) in [4.78, 5) is 0. The highest BCUT2D eigenvalue weighted by Crippen LogP contribution is 2.37. The van der Waals surface area contributed by atoms with Crippen molar-refractivity contribution < 1.29 is 4.43 Å². The van der Waals surface area contributed by atoms with Crippen molar-refractivity contribution in [3.8, 4) is 5.69 Å². The molecule has 5 nitrogen and oxygen atoms in total. The number of thioether (sulfide) groups is 1. The van der Waals surface area contributed by atoms with Gasteiger partial charge in [-0.25, -0.2) is 0 Å². The number of nitrogens with zero attached hydrogens (tertiary/aromatic N) is 4. The van der Waals surface area contributed by atoms with Gasteiger partial charge in [0.1, 0.15) is 0 Å². The average Bonchev–Trinajstić information content (AvgIpc) is 3.43. The fourth-order valence-electron chi connectivity index (χ4n) is 5.42. The van der Waals surface area contributed by atoms with E-state index in [1.807, 2.05) is 35.0 Å². The van der Waals surface area contributed by atoms with E-state index in [-0.39, 0.29) is 5.04 Å². The van der Waals surface area contributed by atoms with Gasteiger partial charge in [-0.1, -0.05) is 138 Å². The highest BCUT2D eigenvalue weighted by atomic mass is 32.2. The first-order valence-corrected chi connectivity index (χ1v) is 17.4. The molecule has 4 rings (SSSR count). The van der Waals surface area contributed by atoms with Crippen LogP contribution in [0.25, 0.3) is 5.69 Å². The van der Waals surface area contributed by atoms with E-state index in [9.17, 15) is 0 Å². The predicted molar refractivity (Wildman–Crippen MR) is 170 cm³/mol. The quantitative estimate of drug-likeness (QED) is 0.118. The fraction of sp³-hybridized carbons (Fsp3) is 0.424. The van der Waals surface area contributed by atoms with Crippen molar-refractivity contribution in [3.05, 3.63) is 91.0 Å². The molecule has 0 spiro atoms. The van der Waals surface area contributed by atoms with Crippen LogP contribution in [0.2, 0.25) is 5.04 Å². The van der Waals surface area contributed by atoms with E-state index in [0.717, 1.165) is 29.6 Å². The van der Waals surface area contributed by atoms with E-state index in [4.69, 9.17) is 4.43 Å².